The summed E-state index contributed by atoms with van der Waals surface area (Å²) >= 11 is 0. The SMILES string of the molecule is Cc1ccc(C(C(C)N)N(C)C2CCC2)o1. The summed E-state index contributed by atoms with van der Waals surface area (Å²) in [6.07, 6.45) is 3.93. The van der Waals surface area contributed by atoms with Crippen molar-refractivity contribution in [3.05, 3.63) is 23.7 Å². The standard InChI is InChI=1S/C13H22N2O/c1-9-7-8-12(16-9)13(10(2)14)15(3)11-5-4-6-11/h7-8,10-11,13H,4-6,14H2,1-3H3. The van der Waals surface area contributed by atoms with Gasteiger partial charge in [0.2, 0.25) is 0 Å². The first kappa shape index (κ1) is 11.7. The third-order valence-electron chi connectivity index (χ3n) is 3.64. The molecule has 3 nitrogen and oxygen atoms in total. The highest BCUT2D eigenvalue weighted by atomic mass is 16.3. The summed E-state index contributed by atoms with van der Waals surface area (Å²) in [5, 5.41) is 0. The molecule has 90 valence electrons. The summed E-state index contributed by atoms with van der Waals surface area (Å²) in [5.41, 5.74) is 6.09. The van der Waals surface area contributed by atoms with Crippen LogP contribution in [0.1, 0.15) is 43.7 Å². The Labute approximate surface area is 97.6 Å². The van der Waals surface area contributed by atoms with E-state index in [0.717, 1.165) is 11.5 Å². The average Bonchev–Trinajstić information content (AvgIpc) is 2.47. The predicted molar refractivity (Wildman–Crippen MR) is 65.2 cm³/mol. The van der Waals surface area contributed by atoms with Gasteiger partial charge in [0.05, 0.1) is 6.04 Å². The van der Waals surface area contributed by atoms with Crippen LogP contribution in [0.5, 0.6) is 0 Å². The van der Waals surface area contributed by atoms with Gasteiger partial charge in [0, 0.05) is 12.1 Å². The molecular weight excluding hydrogens is 200 g/mol. The van der Waals surface area contributed by atoms with E-state index in [1.165, 1.54) is 19.3 Å². The largest absolute Gasteiger partial charge is 0.465 e. The normalized spacial score (nSPS) is 20.8. The number of nitrogens with zero attached hydrogens (tertiary/aromatic N) is 1. The summed E-state index contributed by atoms with van der Waals surface area (Å²) in [5.74, 6) is 1.96. The van der Waals surface area contributed by atoms with Gasteiger partial charge in [-0.15, -0.1) is 0 Å². The van der Waals surface area contributed by atoms with Gasteiger partial charge < -0.3 is 10.2 Å². The molecule has 0 amide bonds. The van der Waals surface area contributed by atoms with E-state index in [-0.39, 0.29) is 12.1 Å². The monoisotopic (exact) mass is 222 g/mol. The first-order chi connectivity index (χ1) is 7.59. The third kappa shape index (κ3) is 2.15. The van der Waals surface area contributed by atoms with E-state index in [4.69, 9.17) is 10.2 Å². The maximum Gasteiger partial charge on any atom is 0.122 e. The summed E-state index contributed by atoms with van der Waals surface area (Å²) in [7, 11) is 2.16. The number of hydrogen-bond donors (Lipinski definition) is 1. The number of likely N-dealkylation sites (N-methyl/N-ethyl adjacent to an activating group) is 1. The van der Waals surface area contributed by atoms with Crippen LogP contribution in [0.15, 0.2) is 16.5 Å². The zero-order valence-corrected chi connectivity index (χ0v) is 10.4. The number of aryl methyl sites for hydroxylation is 1. The average molecular weight is 222 g/mol. The molecule has 1 aliphatic carbocycles. The summed E-state index contributed by atoms with van der Waals surface area (Å²) in [6.45, 7) is 4.03. The van der Waals surface area contributed by atoms with Gasteiger partial charge in [0.1, 0.15) is 11.5 Å². The fourth-order valence-electron chi connectivity index (χ4n) is 2.46. The van der Waals surface area contributed by atoms with Crippen LogP contribution in [0.25, 0.3) is 0 Å². The number of nitrogens with two attached hydrogens (primary N) is 1. The van der Waals surface area contributed by atoms with Crippen molar-refractivity contribution in [3.8, 4) is 0 Å². The maximum atomic E-state index is 6.09. The fraction of sp³-hybridized carbons (Fsp3) is 0.692. The minimum Gasteiger partial charge on any atom is -0.465 e. The summed E-state index contributed by atoms with van der Waals surface area (Å²) in [4.78, 5) is 2.38. The van der Waals surface area contributed by atoms with Crippen LogP contribution in [0.2, 0.25) is 0 Å². The van der Waals surface area contributed by atoms with E-state index in [0.29, 0.717) is 6.04 Å². The van der Waals surface area contributed by atoms with Gasteiger partial charge in [0.15, 0.2) is 0 Å². The van der Waals surface area contributed by atoms with E-state index in [1.54, 1.807) is 0 Å². The molecule has 1 fully saturated rings. The zero-order valence-electron chi connectivity index (χ0n) is 10.4. The van der Waals surface area contributed by atoms with Crippen molar-refractivity contribution in [1.29, 1.82) is 0 Å². The maximum absolute atomic E-state index is 6.09. The summed E-state index contributed by atoms with van der Waals surface area (Å²) < 4.78 is 5.73. The van der Waals surface area contributed by atoms with E-state index in [2.05, 4.69) is 24.9 Å². The molecular formula is C13H22N2O. The Bertz CT molecular complexity index is 341. The lowest BCUT2D eigenvalue weighted by molar-refractivity contribution is 0.0851. The Morgan fingerprint density at radius 3 is 2.50 bits per heavy atom. The van der Waals surface area contributed by atoms with Crippen LogP contribution in [0, 0.1) is 6.92 Å². The quantitative estimate of drug-likeness (QED) is 0.851. The number of rotatable bonds is 4. The van der Waals surface area contributed by atoms with Crippen LogP contribution in [-0.2, 0) is 0 Å². The fourth-order valence-corrected chi connectivity index (χ4v) is 2.46. The lowest BCUT2D eigenvalue weighted by Crippen LogP contribution is -2.45. The van der Waals surface area contributed by atoms with Crippen LogP contribution < -0.4 is 5.73 Å². The van der Waals surface area contributed by atoms with E-state index in [1.807, 2.05) is 13.0 Å². The highest BCUT2D eigenvalue weighted by molar-refractivity contribution is 5.12. The molecule has 0 aliphatic heterocycles. The molecule has 3 heteroatoms. The molecule has 2 rings (SSSR count). The van der Waals surface area contributed by atoms with Gasteiger partial charge >= 0.3 is 0 Å². The lowest BCUT2D eigenvalue weighted by Gasteiger charge is -2.40. The van der Waals surface area contributed by atoms with Crippen molar-refractivity contribution in [2.75, 3.05) is 7.05 Å². The molecule has 0 aromatic carbocycles. The van der Waals surface area contributed by atoms with Gasteiger partial charge in [-0.25, -0.2) is 0 Å². The van der Waals surface area contributed by atoms with Crippen LogP contribution in [-0.4, -0.2) is 24.0 Å². The first-order valence-electron chi connectivity index (χ1n) is 6.13. The molecule has 0 spiro atoms. The number of hydrogen-bond acceptors (Lipinski definition) is 3. The van der Waals surface area contributed by atoms with Crippen molar-refractivity contribution >= 4 is 0 Å². The zero-order chi connectivity index (χ0) is 11.7. The highest BCUT2D eigenvalue weighted by Crippen LogP contribution is 2.32. The molecule has 0 bridgehead atoms. The van der Waals surface area contributed by atoms with Gasteiger partial charge in [0.25, 0.3) is 0 Å². The molecule has 2 unspecified atom stereocenters. The molecule has 2 N–H and O–H groups in total. The minimum atomic E-state index is 0.0937. The molecule has 0 radical (unpaired) electrons. The van der Waals surface area contributed by atoms with Gasteiger partial charge in [-0.3, -0.25) is 4.90 Å². The van der Waals surface area contributed by atoms with E-state index < -0.39 is 0 Å². The first-order valence-corrected chi connectivity index (χ1v) is 6.13. The highest BCUT2D eigenvalue weighted by Gasteiger charge is 2.32. The second-order valence-corrected chi connectivity index (χ2v) is 5.00. The topological polar surface area (TPSA) is 42.4 Å². The Balaban J connectivity index is 2.16. The molecule has 2 atom stereocenters. The van der Waals surface area contributed by atoms with E-state index >= 15 is 0 Å². The molecule has 1 aromatic heterocycles. The third-order valence-corrected chi connectivity index (χ3v) is 3.64. The van der Waals surface area contributed by atoms with Crippen LogP contribution in [0.3, 0.4) is 0 Å². The van der Waals surface area contributed by atoms with Crippen LogP contribution in [0.4, 0.5) is 0 Å². The minimum absolute atomic E-state index is 0.0937. The van der Waals surface area contributed by atoms with Crippen molar-refractivity contribution in [3.63, 3.8) is 0 Å². The molecule has 1 aromatic rings. The lowest BCUT2D eigenvalue weighted by atomic mass is 9.89. The van der Waals surface area contributed by atoms with Gasteiger partial charge in [-0.2, -0.15) is 0 Å². The molecule has 1 heterocycles. The Morgan fingerprint density at radius 2 is 2.12 bits per heavy atom. The molecule has 16 heavy (non-hydrogen) atoms. The Hall–Kier alpha value is -0.800. The smallest absolute Gasteiger partial charge is 0.122 e. The van der Waals surface area contributed by atoms with Crippen molar-refractivity contribution < 1.29 is 4.42 Å². The van der Waals surface area contributed by atoms with Gasteiger partial charge in [-0.1, -0.05) is 6.42 Å². The Morgan fingerprint density at radius 1 is 1.44 bits per heavy atom. The second-order valence-electron chi connectivity index (χ2n) is 5.00. The van der Waals surface area contributed by atoms with Gasteiger partial charge in [-0.05, 0) is 45.9 Å². The molecule has 1 aliphatic rings. The second kappa shape index (κ2) is 4.60. The van der Waals surface area contributed by atoms with Crippen molar-refractivity contribution in [1.82, 2.24) is 4.90 Å². The van der Waals surface area contributed by atoms with E-state index in [9.17, 15) is 0 Å². The molecule has 0 saturated heterocycles. The van der Waals surface area contributed by atoms with Crippen LogP contribution >= 0.6 is 0 Å². The Kier molecular flexibility index (Phi) is 3.36. The summed E-state index contributed by atoms with van der Waals surface area (Å²) in [6, 6.07) is 5.05. The predicted octanol–water partition coefficient (Wildman–Crippen LogP) is 2.46. The van der Waals surface area contributed by atoms with Crippen molar-refractivity contribution in [2.24, 2.45) is 5.73 Å². The number of furan rings is 1. The van der Waals surface area contributed by atoms with Crippen molar-refractivity contribution in [2.45, 2.75) is 51.2 Å². The molecule has 1 saturated carbocycles.